The van der Waals surface area contributed by atoms with Crippen LogP contribution >= 0.6 is 11.6 Å². The molecule has 4 rings (SSSR count). The number of nitrogens with zero attached hydrogens (tertiary/aromatic N) is 1. The first-order valence-electron chi connectivity index (χ1n) is 12.1. The first-order valence-corrected chi connectivity index (χ1v) is 12.5. The van der Waals surface area contributed by atoms with Crippen molar-refractivity contribution in [2.45, 2.75) is 26.3 Å². The molecule has 1 heterocycles. The summed E-state index contributed by atoms with van der Waals surface area (Å²) in [5.74, 6) is -0.370. The number of ketones is 1. The van der Waals surface area contributed by atoms with E-state index in [1.165, 1.54) is 12.0 Å². The van der Waals surface area contributed by atoms with Crippen LogP contribution in [0.3, 0.4) is 0 Å². The third-order valence-corrected chi connectivity index (χ3v) is 6.92. The molecule has 1 fully saturated rings. The summed E-state index contributed by atoms with van der Waals surface area (Å²) in [4.78, 5) is 28.3. The Morgan fingerprint density at radius 3 is 2.32 bits per heavy atom. The van der Waals surface area contributed by atoms with Gasteiger partial charge < -0.3 is 24.2 Å². The van der Waals surface area contributed by atoms with Crippen molar-refractivity contribution in [1.29, 1.82) is 0 Å². The van der Waals surface area contributed by atoms with Gasteiger partial charge in [-0.25, -0.2) is 0 Å². The van der Waals surface area contributed by atoms with E-state index in [0.29, 0.717) is 22.9 Å². The molecule has 198 valence electrons. The molecule has 1 atom stereocenters. The molecule has 3 aromatic rings. The fraction of sp³-hybridized carbons (Fsp3) is 0.267. The lowest BCUT2D eigenvalue weighted by molar-refractivity contribution is -0.139. The van der Waals surface area contributed by atoms with Gasteiger partial charge in [0, 0.05) is 6.54 Å². The van der Waals surface area contributed by atoms with Crippen molar-refractivity contribution in [3.63, 3.8) is 0 Å². The maximum Gasteiger partial charge on any atom is 0.295 e. The standard InChI is InChI=1S/C30H30ClNO6/c1-17-7-6-8-20(13-17)26-25(27(33)21-14-18(2)15-22(31)29(21)38-5)28(34)30(35)32(26)12-11-19-9-10-23(36-3)24(16-19)37-4/h6-10,13-16,26,33H,11-12H2,1-5H3/b27-25+. The van der Waals surface area contributed by atoms with Crippen molar-refractivity contribution in [1.82, 2.24) is 4.90 Å². The number of carbonyl (C=O) groups excluding carboxylic acids is 2. The van der Waals surface area contributed by atoms with Gasteiger partial charge in [0.25, 0.3) is 11.7 Å². The number of aryl methyl sites for hydroxylation is 2. The number of hydrogen-bond donors (Lipinski definition) is 1. The Bertz CT molecular complexity index is 1430. The number of benzene rings is 3. The van der Waals surface area contributed by atoms with Crippen molar-refractivity contribution >= 4 is 29.1 Å². The van der Waals surface area contributed by atoms with E-state index in [1.54, 1.807) is 32.4 Å². The molecule has 0 aliphatic carbocycles. The minimum absolute atomic E-state index is 0.00659. The number of rotatable bonds is 8. The average molecular weight is 536 g/mol. The Morgan fingerprint density at radius 2 is 1.66 bits per heavy atom. The topological polar surface area (TPSA) is 85.3 Å². The molecule has 1 aliphatic heterocycles. The molecule has 3 aromatic carbocycles. The second-order valence-corrected chi connectivity index (χ2v) is 9.58. The number of carbonyl (C=O) groups is 2. The second kappa shape index (κ2) is 11.2. The zero-order valence-electron chi connectivity index (χ0n) is 22.0. The predicted octanol–water partition coefficient (Wildman–Crippen LogP) is 5.65. The van der Waals surface area contributed by atoms with Crippen LogP contribution in [0.1, 0.15) is 33.9 Å². The fourth-order valence-corrected chi connectivity index (χ4v) is 5.19. The number of aliphatic hydroxyl groups excluding tert-OH is 1. The SMILES string of the molecule is COc1ccc(CCN2C(=O)C(=O)/C(=C(/O)c3cc(C)cc(Cl)c3OC)C2c2cccc(C)c2)cc1OC. The predicted molar refractivity (Wildman–Crippen MR) is 146 cm³/mol. The summed E-state index contributed by atoms with van der Waals surface area (Å²) in [6.45, 7) is 3.99. The van der Waals surface area contributed by atoms with Gasteiger partial charge in [0.2, 0.25) is 0 Å². The van der Waals surface area contributed by atoms with Gasteiger partial charge in [-0.05, 0) is 61.2 Å². The minimum Gasteiger partial charge on any atom is -0.507 e. The number of likely N-dealkylation sites (tertiary alicyclic amines) is 1. The molecule has 1 N–H and O–H groups in total. The summed E-state index contributed by atoms with van der Waals surface area (Å²) >= 11 is 6.38. The number of ether oxygens (including phenoxy) is 3. The summed E-state index contributed by atoms with van der Waals surface area (Å²) < 4.78 is 16.2. The molecule has 0 bridgehead atoms. The number of Topliss-reactive ketones (excluding diaryl/α,β-unsaturated/α-hetero) is 1. The van der Waals surface area contributed by atoms with Gasteiger partial charge >= 0.3 is 0 Å². The summed E-state index contributed by atoms with van der Waals surface area (Å²) in [7, 11) is 4.56. The van der Waals surface area contributed by atoms with Crippen molar-refractivity contribution in [2.75, 3.05) is 27.9 Å². The fourth-order valence-electron chi connectivity index (χ4n) is 4.84. The largest absolute Gasteiger partial charge is 0.507 e. The Labute approximate surface area is 227 Å². The summed E-state index contributed by atoms with van der Waals surface area (Å²) in [6, 6.07) is 15.7. The number of amides is 1. The van der Waals surface area contributed by atoms with Crippen LogP contribution in [0.25, 0.3) is 5.76 Å². The van der Waals surface area contributed by atoms with Crippen LogP contribution in [0.4, 0.5) is 0 Å². The van der Waals surface area contributed by atoms with Crippen LogP contribution in [0.2, 0.25) is 5.02 Å². The third-order valence-electron chi connectivity index (χ3n) is 6.63. The smallest absolute Gasteiger partial charge is 0.295 e. The molecule has 0 saturated carbocycles. The molecule has 1 saturated heterocycles. The Balaban J connectivity index is 1.82. The lowest BCUT2D eigenvalue weighted by Crippen LogP contribution is -2.31. The van der Waals surface area contributed by atoms with Crippen LogP contribution in [-0.4, -0.2) is 49.6 Å². The normalized spacial score (nSPS) is 16.6. The highest BCUT2D eigenvalue weighted by Crippen LogP contribution is 2.43. The minimum atomic E-state index is -0.793. The van der Waals surface area contributed by atoms with E-state index in [4.69, 9.17) is 25.8 Å². The summed E-state index contributed by atoms with van der Waals surface area (Å²) in [6.07, 6.45) is 0.454. The zero-order chi connectivity index (χ0) is 27.6. The first-order chi connectivity index (χ1) is 18.2. The lowest BCUT2D eigenvalue weighted by Gasteiger charge is -2.26. The lowest BCUT2D eigenvalue weighted by atomic mass is 9.93. The number of methoxy groups -OCH3 is 3. The summed E-state index contributed by atoms with van der Waals surface area (Å²) in [5.41, 5.74) is 3.60. The van der Waals surface area contributed by atoms with E-state index in [9.17, 15) is 14.7 Å². The van der Waals surface area contributed by atoms with Crippen molar-refractivity contribution < 1.29 is 28.9 Å². The highest BCUT2D eigenvalue weighted by atomic mass is 35.5. The van der Waals surface area contributed by atoms with Crippen LogP contribution in [0.15, 0.2) is 60.2 Å². The van der Waals surface area contributed by atoms with Crippen molar-refractivity contribution in [3.8, 4) is 17.2 Å². The molecule has 0 spiro atoms. The molecule has 38 heavy (non-hydrogen) atoms. The molecule has 0 aromatic heterocycles. The van der Waals surface area contributed by atoms with Gasteiger partial charge in [-0.15, -0.1) is 0 Å². The van der Waals surface area contributed by atoms with Crippen LogP contribution in [-0.2, 0) is 16.0 Å². The van der Waals surface area contributed by atoms with Gasteiger partial charge in [-0.1, -0.05) is 47.5 Å². The molecular formula is C30H30ClNO6. The molecule has 1 aliphatic rings. The van der Waals surface area contributed by atoms with Crippen molar-refractivity contribution in [2.24, 2.45) is 0 Å². The van der Waals surface area contributed by atoms with Crippen LogP contribution in [0.5, 0.6) is 17.2 Å². The van der Waals surface area contributed by atoms with E-state index in [1.807, 2.05) is 50.2 Å². The Morgan fingerprint density at radius 1 is 0.921 bits per heavy atom. The van der Waals surface area contributed by atoms with E-state index in [-0.39, 0.29) is 29.2 Å². The average Bonchev–Trinajstić information content (AvgIpc) is 3.15. The Kier molecular flexibility index (Phi) is 7.97. The van der Waals surface area contributed by atoms with E-state index >= 15 is 0 Å². The quantitative estimate of drug-likeness (QED) is 0.228. The van der Waals surface area contributed by atoms with Crippen LogP contribution in [0, 0.1) is 13.8 Å². The van der Waals surface area contributed by atoms with Crippen LogP contribution < -0.4 is 14.2 Å². The molecule has 0 radical (unpaired) electrons. The second-order valence-electron chi connectivity index (χ2n) is 9.17. The highest BCUT2D eigenvalue weighted by molar-refractivity contribution is 6.46. The molecular weight excluding hydrogens is 506 g/mol. The van der Waals surface area contributed by atoms with E-state index < -0.39 is 17.7 Å². The molecule has 1 amide bonds. The maximum absolute atomic E-state index is 13.4. The Hall–Kier alpha value is -3.97. The summed E-state index contributed by atoms with van der Waals surface area (Å²) in [5, 5.41) is 11.8. The molecule has 1 unspecified atom stereocenters. The molecule has 7 nitrogen and oxygen atoms in total. The molecule has 8 heteroatoms. The third kappa shape index (κ3) is 5.07. The van der Waals surface area contributed by atoms with Crippen molar-refractivity contribution in [3.05, 3.63) is 93.0 Å². The monoisotopic (exact) mass is 535 g/mol. The number of aliphatic hydroxyl groups is 1. The maximum atomic E-state index is 13.4. The van der Waals surface area contributed by atoms with Gasteiger partial charge in [-0.2, -0.15) is 0 Å². The van der Waals surface area contributed by atoms with Gasteiger partial charge in [-0.3, -0.25) is 9.59 Å². The van der Waals surface area contributed by atoms with E-state index in [2.05, 4.69) is 0 Å². The first kappa shape index (κ1) is 27.1. The van der Waals surface area contributed by atoms with Gasteiger partial charge in [0.15, 0.2) is 11.5 Å². The van der Waals surface area contributed by atoms with Gasteiger partial charge in [0.1, 0.15) is 11.5 Å². The zero-order valence-corrected chi connectivity index (χ0v) is 22.8. The van der Waals surface area contributed by atoms with Gasteiger partial charge in [0.05, 0.1) is 43.5 Å². The van der Waals surface area contributed by atoms with E-state index in [0.717, 1.165) is 22.3 Å². The highest BCUT2D eigenvalue weighted by Gasteiger charge is 2.46. The number of hydrogen-bond acceptors (Lipinski definition) is 6. The number of halogens is 1.